The second kappa shape index (κ2) is 9.58. The number of nitrogens with one attached hydrogen (secondary N) is 2. The first-order valence-electron chi connectivity index (χ1n) is 11.3. The summed E-state index contributed by atoms with van der Waals surface area (Å²) in [7, 11) is 0. The molecule has 2 aromatic heterocycles. The quantitative estimate of drug-likeness (QED) is 0.257. The van der Waals surface area contributed by atoms with Crippen LogP contribution < -0.4 is 10.3 Å². The van der Waals surface area contributed by atoms with Gasteiger partial charge in [0.15, 0.2) is 11.4 Å². The highest BCUT2D eigenvalue weighted by Gasteiger charge is 2.25. The van der Waals surface area contributed by atoms with Gasteiger partial charge in [-0.1, -0.05) is 32.9 Å². The van der Waals surface area contributed by atoms with E-state index in [2.05, 4.69) is 46.4 Å². The lowest BCUT2D eigenvalue weighted by molar-refractivity contribution is 0.0745. The Labute approximate surface area is 198 Å². The van der Waals surface area contributed by atoms with Crippen LogP contribution in [0.1, 0.15) is 42.4 Å². The van der Waals surface area contributed by atoms with Gasteiger partial charge < -0.3 is 19.6 Å². The highest BCUT2D eigenvalue weighted by Crippen LogP contribution is 2.22. The van der Waals surface area contributed by atoms with Crippen LogP contribution in [0, 0.1) is 17.9 Å². The molecule has 0 saturated carbocycles. The SMILES string of the molecule is Cc1ccc2oc(N3CCN(C(=O)c4ccc(/C(N=N)=N/NCC(C)(C)C)cc4)CC3)nc2n1. The van der Waals surface area contributed by atoms with Crippen molar-refractivity contribution in [2.75, 3.05) is 37.6 Å². The lowest BCUT2D eigenvalue weighted by Crippen LogP contribution is -2.48. The predicted molar refractivity (Wildman–Crippen MR) is 130 cm³/mol. The second-order valence-electron chi connectivity index (χ2n) is 9.57. The maximum atomic E-state index is 13.0. The standard InChI is InChI=1S/C24H30N8O2/c1-16-5-10-19-21(27-16)28-23(34-19)32-13-11-31(12-14-32)22(33)18-8-6-17(7-9-18)20(29-25)30-26-15-24(2,3)4/h5-10,25-26H,11-15H2,1-4H3/b29-25?,30-20-. The number of oxazole rings is 1. The van der Waals surface area contributed by atoms with Gasteiger partial charge in [-0.25, -0.2) is 10.5 Å². The number of anilines is 1. The van der Waals surface area contributed by atoms with Gasteiger partial charge in [-0.05, 0) is 36.6 Å². The van der Waals surface area contributed by atoms with Crippen molar-refractivity contribution in [1.29, 1.82) is 5.53 Å². The van der Waals surface area contributed by atoms with Crippen LogP contribution in [0.5, 0.6) is 0 Å². The molecule has 1 amide bonds. The highest BCUT2D eigenvalue weighted by molar-refractivity contribution is 6.00. The van der Waals surface area contributed by atoms with Crippen molar-refractivity contribution in [3.05, 3.63) is 53.2 Å². The van der Waals surface area contributed by atoms with Crippen LogP contribution in [0.25, 0.3) is 11.2 Å². The molecule has 1 aromatic carbocycles. The number of aromatic nitrogens is 2. The molecule has 0 spiro atoms. The number of fused-ring (bicyclic) bond motifs is 1. The summed E-state index contributed by atoms with van der Waals surface area (Å²) in [5, 5.41) is 7.73. The number of carbonyl (C=O) groups excluding carboxylic acids is 1. The van der Waals surface area contributed by atoms with Gasteiger partial charge in [-0.15, -0.1) is 5.11 Å². The topological polar surface area (TPSA) is 123 Å². The molecule has 1 saturated heterocycles. The third-order valence-corrected chi connectivity index (χ3v) is 5.51. The maximum Gasteiger partial charge on any atom is 0.300 e. The number of hydrogen-bond acceptors (Lipinski definition) is 8. The minimum atomic E-state index is -0.0341. The summed E-state index contributed by atoms with van der Waals surface area (Å²) in [6.07, 6.45) is 0. The number of amidine groups is 1. The Kier molecular flexibility index (Phi) is 6.58. The zero-order valence-corrected chi connectivity index (χ0v) is 20.0. The summed E-state index contributed by atoms with van der Waals surface area (Å²) < 4.78 is 5.84. The average Bonchev–Trinajstić information content (AvgIpc) is 3.24. The molecule has 4 rings (SSSR count). The van der Waals surface area contributed by atoms with Gasteiger partial charge in [-0.3, -0.25) is 4.79 Å². The van der Waals surface area contributed by atoms with Crippen LogP contribution >= 0.6 is 0 Å². The smallest absolute Gasteiger partial charge is 0.300 e. The molecule has 1 aliphatic heterocycles. The Hall–Kier alpha value is -3.82. The first-order chi connectivity index (χ1) is 16.2. The molecule has 0 bridgehead atoms. The normalized spacial score (nSPS) is 15.0. The fraction of sp³-hybridized carbons (Fsp3) is 0.417. The number of hydrogen-bond donors (Lipinski definition) is 2. The first-order valence-corrected chi connectivity index (χ1v) is 11.3. The Morgan fingerprint density at radius 3 is 2.38 bits per heavy atom. The molecule has 1 aliphatic rings. The zero-order valence-electron chi connectivity index (χ0n) is 20.0. The summed E-state index contributed by atoms with van der Waals surface area (Å²) in [6.45, 7) is 11.3. The number of hydrazone groups is 1. The van der Waals surface area contributed by atoms with E-state index in [9.17, 15) is 4.79 Å². The minimum Gasteiger partial charge on any atom is -0.422 e. The highest BCUT2D eigenvalue weighted by atomic mass is 16.4. The van der Waals surface area contributed by atoms with Crippen LogP contribution in [0.4, 0.5) is 6.01 Å². The van der Waals surface area contributed by atoms with Crippen LogP contribution in [-0.4, -0.2) is 59.3 Å². The van der Waals surface area contributed by atoms with Crippen LogP contribution in [0.15, 0.2) is 51.0 Å². The monoisotopic (exact) mass is 462 g/mol. The van der Waals surface area contributed by atoms with Gasteiger partial charge in [0, 0.05) is 49.5 Å². The number of amides is 1. The summed E-state index contributed by atoms with van der Waals surface area (Å²) >= 11 is 0. The van der Waals surface area contributed by atoms with Gasteiger partial charge >= 0.3 is 0 Å². The molecule has 2 N–H and O–H groups in total. The molecule has 0 unspecified atom stereocenters. The van der Waals surface area contributed by atoms with E-state index in [4.69, 9.17) is 9.95 Å². The maximum absolute atomic E-state index is 13.0. The van der Waals surface area contributed by atoms with E-state index in [1.165, 1.54) is 0 Å². The lowest BCUT2D eigenvalue weighted by atomic mass is 9.98. The van der Waals surface area contributed by atoms with E-state index in [1.54, 1.807) is 24.3 Å². The number of pyridine rings is 1. The predicted octanol–water partition coefficient (Wildman–Crippen LogP) is 3.82. The number of aryl methyl sites for hydroxylation is 1. The number of piperazine rings is 1. The van der Waals surface area contributed by atoms with E-state index < -0.39 is 0 Å². The minimum absolute atomic E-state index is 0.0341. The number of nitrogens with zero attached hydrogens (tertiary/aromatic N) is 6. The molecule has 0 aliphatic carbocycles. The van der Waals surface area contributed by atoms with E-state index in [-0.39, 0.29) is 17.2 Å². The Bertz CT molecular complexity index is 1200. The zero-order chi connectivity index (χ0) is 24.3. The molecule has 3 heterocycles. The Morgan fingerprint density at radius 2 is 1.74 bits per heavy atom. The number of carbonyl (C=O) groups is 1. The van der Waals surface area contributed by atoms with Gasteiger partial charge in [0.2, 0.25) is 5.65 Å². The molecular weight excluding hydrogens is 432 g/mol. The van der Waals surface area contributed by atoms with Crippen LogP contribution in [0.3, 0.4) is 0 Å². The van der Waals surface area contributed by atoms with E-state index >= 15 is 0 Å². The molecule has 10 nitrogen and oxygen atoms in total. The molecule has 34 heavy (non-hydrogen) atoms. The lowest BCUT2D eigenvalue weighted by Gasteiger charge is -2.33. The molecule has 3 aromatic rings. The van der Waals surface area contributed by atoms with Crippen molar-refractivity contribution >= 4 is 29.0 Å². The fourth-order valence-corrected chi connectivity index (χ4v) is 3.59. The summed E-state index contributed by atoms with van der Waals surface area (Å²) in [5.74, 6) is 0.244. The Balaban J connectivity index is 1.37. The number of benzene rings is 1. The summed E-state index contributed by atoms with van der Waals surface area (Å²) in [5.41, 5.74) is 13.9. The van der Waals surface area contributed by atoms with E-state index in [1.807, 2.05) is 28.9 Å². The fourth-order valence-electron chi connectivity index (χ4n) is 3.59. The van der Waals surface area contributed by atoms with Crippen molar-refractivity contribution in [2.45, 2.75) is 27.7 Å². The third-order valence-electron chi connectivity index (χ3n) is 5.51. The average molecular weight is 463 g/mol. The summed E-state index contributed by atoms with van der Waals surface area (Å²) in [6, 6.07) is 11.4. The first kappa shape index (κ1) is 23.3. The van der Waals surface area contributed by atoms with Crippen LogP contribution in [-0.2, 0) is 0 Å². The Morgan fingerprint density at radius 1 is 1.06 bits per heavy atom. The molecule has 1 fully saturated rings. The van der Waals surface area contributed by atoms with Crippen LogP contribution in [0.2, 0.25) is 0 Å². The molecule has 178 valence electrons. The molecule has 0 radical (unpaired) electrons. The molecule has 10 heteroatoms. The van der Waals surface area contributed by atoms with Gasteiger partial charge in [0.05, 0.1) is 0 Å². The van der Waals surface area contributed by atoms with Crippen molar-refractivity contribution < 1.29 is 9.21 Å². The molecule has 0 atom stereocenters. The van der Waals surface area contributed by atoms with Crippen molar-refractivity contribution in [3.8, 4) is 0 Å². The van der Waals surface area contributed by atoms with Crippen molar-refractivity contribution in [3.63, 3.8) is 0 Å². The van der Waals surface area contributed by atoms with Gasteiger partial charge in [0.1, 0.15) is 0 Å². The van der Waals surface area contributed by atoms with Gasteiger partial charge in [0.25, 0.3) is 11.9 Å². The van der Waals surface area contributed by atoms with Crippen molar-refractivity contribution in [2.24, 2.45) is 15.6 Å². The largest absolute Gasteiger partial charge is 0.422 e. The van der Waals surface area contributed by atoms with Gasteiger partial charge in [-0.2, -0.15) is 10.1 Å². The van der Waals surface area contributed by atoms with Crippen molar-refractivity contribution in [1.82, 2.24) is 20.3 Å². The molecular formula is C24H30N8O2. The number of rotatable bonds is 5. The second-order valence-corrected chi connectivity index (χ2v) is 9.57. The third kappa shape index (κ3) is 5.38. The van der Waals surface area contributed by atoms with E-state index in [0.29, 0.717) is 61.1 Å². The summed E-state index contributed by atoms with van der Waals surface area (Å²) in [4.78, 5) is 25.8. The van der Waals surface area contributed by atoms with E-state index in [0.717, 1.165) is 5.69 Å².